The van der Waals surface area contributed by atoms with Gasteiger partial charge in [0.2, 0.25) is 0 Å². The third-order valence-electron chi connectivity index (χ3n) is 4.26. The number of aliphatic carboxylic acids is 1. The minimum absolute atomic E-state index is 0.0999. The first-order valence-corrected chi connectivity index (χ1v) is 8.30. The van der Waals surface area contributed by atoms with Crippen LogP contribution in [0.3, 0.4) is 0 Å². The smallest absolute Gasteiger partial charge is 0.311 e. The molecule has 0 bridgehead atoms. The van der Waals surface area contributed by atoms with Crippen LogP contribution < -0.4 is 0 Å². The largest absolute Gasteiger partial charge is 0.481 e. The van der Waals surface area contributed by atoms with E-state index in [0.717, 1.165) is 0 Å². The molecule has 1 atom stereocenters. The van der Waals surface area contributed by atoms with E-state index in [2.05, 4.69) is 4.98 Å². The van der Waals surface area contributed by atoms with E-state index in [9.17, 15) is 14.7 Å². The van der Waals surface area contributed by atoms with E-state index < -0.39 is 11.4 Å². The summed E-state index contributed by atoms with van der Waals surface area (Å²) < 4.78 is 5.03. The van der Waals surface area contributed by atoms with E-state index in [1.807, 2.05) is 0 Å². The van der Waals surface area contributed by atoms with Crippen LogP contribution in [0.5, 0.6) is 0 Å². The van der Waals surface area contributed by atoms with Crippen LogP contribution in [-0.4, -0.2) is 53.7 Å². The summed E-state index contributed by atoms with van der Waals surface area (Å²) in [6, 6.07) is 0. The van der Waals surface area contributed by atoms with Crippen molar-refractivity contribution in [3.05, 3.63) is 16.1 Å². The average Bonchev–Trinajstić information content (AvgIpc) is 2.93. The predicted octanol–water partition coefficient (Wildman–Crippen LogP) is 2.19. The van der Waals surface area contributed by atoms with Crippen molar-refractivity contribution in [2.75, 3.05) is 26.8 Å². The number of carbonyl (C=O) groups excluding carboxylic acids is 1. The fourth-order valence-electron chi connectivity index (χ4n) is 3.00. The Labute approximate surface area is 134 Å². The van der Waals surface area contributed by atoms with Crippen molar-refractivity contribution in [2.24, 2.45) is 5.41 Å². The normalized spacial score (nSPS) is 21.8. The Kier molecular flexibility index (Phi) is 5.52. The van der Waals surface area contributed by atoms with Gasteiger partial charge in [0, 0.05) is 26.8 Å². The van der Waals surface area contributed by atoms with Gasteiger partial charge in [-0.1, -0.05) is 0 Å². The summed E-state index contributed by atoms with van der Waals surface area (Å²) >= 11 is 1.31. The standard InChI is InChI=1S/C15H22N2O4S/c1-11-12(22-10-16-11)13(18)17-7-3-5-15(9-17,14(19)20)6-4-8-21-2/h10H,3-9H2,1-2H3,(H,19,20)/t15-/m1/s1. The van der Waals surface area contributed by atoms with Crippen molar-refractivity contribution >= 4 is 23.2 Å². The molecule has 7 heteroatoms. The van der Waals surface area contributed by atoms with Gasteiger partial charge >= 0.3 is 5.97 Å². The third-order valence-corrected chi connectivity index (χ3v) is 5.18. The molecule has 122 valence electrons. The molecule has 1 fully saturated rings. The van der Waals surface area contributed by atoms with Crippen molar-refractivity contribution < 1.29 is 19.4 Å². The van der Waals surface area contributed by atoms with Crippen LogP contribution in [-0.2, 0) is 9.53 Å². The van der Waals surface area contributed by atoms with Gasteiger partial charge in [0.25, 0.3) is 5.91 Å². The quantitative estimate of drug-likeness (QED) is 0.811. The van der Waals surface area contributed by atoms with Crippen molar-refractivity contribution in [1.82, 2.24) is 9.88 Å². The Morgan fingerprint density at radius 1 is 1.55 bits per heavy atom. The molecule has 0 spiro atoms. The highest BCUT2D eigenvalue weighted by Crippen LogP contribution is 2.36. The highest BCUT2D eigenvalue weighted by atomic mass is 32.1. The summed E-state index contributed by atoms with van der Waals surface area (Å²) in [5, 5.41) is 9.68. The van der Waals surface area contributed by atoms with E-state index >= 15 is 0 Å². The van der Waals surface area contributed by atoms with Gasteiger partial charge in [0.1, 0.15) is 4.88 Å². The maximum atomic E-state index is 12.6. The number of nitrogens with zero attached hydrogens (tertiary/aromatic N) is 2. The summed E-state index contributed by atoms with van der Waals surface area (Å²) in [6.07, 6.45) is 2.53. The number of ether oxygens (including phenoxy) is 1. The van der Waals surface area contributed by atoms with Crippen LogP contribution in [0.15, 0.2) is 5.51 Å². The zero-order valence-electron chi connectivity index (χ0n) is 13.0. The highest BCUT2D eigenvalue weighted by molar-refractivity contribution is 7.11. The lowest BCUT2D eigenvalue weighted by Crippen LogP contribution is -2.50. The number of carboxylic acids is 1. The Balaban J connectivity index is 2.13. The molecule has 1 aromatic heterocycles. The maximum absolute atomic E-state index is 12.6. The van der Waals surface area contributed by atoms with Crippen LogP contribution in [0.4, 0.5) is 0 Å². The minimum atomic E-state index is -0.856. The highest BCUT2D eigenvalue weighted by Gasteiger charge is 2.43. The number of rotatable bonds is 6. The van der Waals surface area contributed by atoms with Gasteiger partial charge in [-0.05, 0) is 32.6 Å². The molecule has 6 nitrogen and oxygen atoms in total. The SMILES string of the molecule is COCCC[C@]1(C(=O)O)CCCN(C(=O)c2scnc2C)C1. The van der Waals surface area contributed by atoms with Crippen molar-refractivity contribution in [2.45, 2.75) is 32.6 Å². The molecule has 1 amide bonds. The van der Waals surface area contributed by atoms with Gasteiger partial charge in [0.05, 0.1) is 16.6 Å². The molecular weight excluding hydrogens is 304 g/mol. The summed E-state index contributed by atoms with van der Waals surface area (Å²) in [4.78, 5) is 30.8. The molecule has 1 aromatic rings. The number of likely N-dealkylation sites (tertiary alicyclic amines) is 1. The Morgan fingerprint density at radius 3 is 2.91 bits per heavy atom. The van der Waals surface area contributed by atoms with E-state index in [0.29, 0.717) is 49.4 Å². The fraction of sp³-hybridized carbons (Fsp3) is 0.667. The molecule has 1 aliphatic heterocycles. The van der Waals surface area contributed by atoms with Crippen molar-refractivity contribution in [3.63, 3.8) is 0 Å². The summed E-state index contributed by atoms with van der Waals surface area (Å²) in [7, 11) is 1.61. The first-order valence-electron chi connectivity index (χ1n) is 7.42. The molecule has 1 N–H and O–H groups in total. The fourth-order valence-corrected chi connectivity index (χ4v) is 3.77. The van der Waals surface area contributed by atoms with Crippen LogP contribution in [0.1, 0.15) is 41.0 Å². The van der Waals surface area contributed by atoms with E-state index in [-0.39, 0.29) is 12.5 Å². The molecule has 22 heavy (non-hydrogen) atoms. The lowest BCUT2D eigenvalue weighted by Gasteiger charge is -2.40. The number of amides is 1. The van der Waals surface area contributed by atoms with Crippen molar-refractivity contribution in [3.8, 4) is 0 Å². The van der Waals surface area contributed by atoms with Gasteiger partial charge in [-0.3, -0.25) is 9.59 Å². The van der Waals surface area contributed by atoms with Crippen LogP contribution >= 0.6 is 11.3 Å². The summed E-state index contributed by atoms with van der Waals surface area (Å²) in [5.41, 5.74) is 1.50. The lowest BCUT2D eigenvalue weighted by molar-refractivity contribution is -0.152. The topological polar surface area (TPSA) is 79.7 Å². The number of carboxylic acid groups (broad SMARTS) is 1. The van der Waals surface area contributed by atoms with Gasteiger partial charge in [-0.15, -0.1) is 11.3 Å². The second-order valence-electron chi connectivity index (χ2n) is 5.78. The Morgan fingerprint density at radius 2 is 2.32 bits per heavy atom. The van der Waals surface area contributed by atoms with Gasteiger partial charge < -0.3 is 14.7 Å². The molecule has 2 rings (SSSR count). The minimum Gasteiger partial charge on any atom is -0.481 e. The monoisotopic (exact) mass is 326 g/mol. The first kappa shape index (κ1) is 16.9. The van der Waals surface area contributed by atoms with Gasteiger partial charge in [-0.2, -0.15) is 0 Å². The lowest BCUT2D eigenvalue weighted by atomic mass is 9.76. The Bertz CT molecular complexity index is 545. The first-order chi connectivity index (χ1) is 10.5. The van der Waals surface area contributed by atoms with E-state index in [1.54, 1.807) is 24.4 Å². The van der Waals surface area contributed by atoms with Crippen LogP contribution in [0, 0.1) is 12.3 Å². The number of carbonyl (C=O) groups is 2. The number of hydrogen-bond donors (Lipinski definition) is 1. The van der Waals surface area contributed by atoms with E-state index in [4.69, 9.17) is 4.74 Å². The molecular formula is C15H22N2O4S. The molecule has 2 heterocycles. The van der Waals surface area contributed by atoms with E-state index in [1.165, 1.54) is 11.3 Å². The van der Waals surface area contributed by atoms with Crippen LogP contribution in [0.25, 0.3) is 0 Å². The number of methoxy groups -OCH3 is 1. The Hall–Kier alpha value is -1.47. The average molecular weight is 326 g/mol. The molecule has 0 radical (unpaired) electrons. The second-order valence-corrected chi connectivity index (χ2v) is 6.63. The zero-order valence-corrected chi connectivity index (χ0v) is 13.8. The molecule has 1 aliphatic rings. The second kappa shape index (κ2) is 7.19. The molecule has 0 aliphatic carbocycles. The molecule has 0 unspecified atom stereocenters. The number of aromatic nitrogens is 1. The predicted molar refractivity (Wildman–Crippen MR) is 83.2 cm³/mol. The summed E-state index contributed by atoms with van der Waals surface area (Å²) in [6.45, 7) is 3.21. The molecule has 0 aromatic carbocycles. The van der Waals surface area contributed by atoms with Gasteiger partial charge in [-0.25, -0.2) is 4.98 Å². The summed E-state index contributed by atoms with van der Waals surface area (Å²) in [5.74, 6) is -0.917. The number of thiazole rings is 1. The van der Waals surface area contributed by atoms with Crippen LogP contribution in [0.2, 0.25) is 0 Å². The number of aryl methyl sites for hydroxylation is 1. The molecule has 0 saturated carbocycles. The third kappa shape index (κ3) is 3.47. The zero-order chi connectivity index (χ0) is 16.2. The van der Waals surface area contributed by atoms with Crippen molar-refractivity contribution in [1.29, 1.82) is 0 Å². The number of piperidine rings is 1. The molecule has 1 saturated heterocycles. The number of hydrogen-bond acceptors (Lipinski definition) is 5. The maximum Gasteiger partial charge on any atom is 0.311 e. The van der Waals surface area contributed by atoms with Gasteiger partial charge in [0.15, 0.2) is 0 Å².